The van der Waals surface area contributed by atoms with E-state index in [1.165, 1.54) is 5.56 Å². The van der Waals surface area contributed by atoms with Gasteiger partial charge in [0.25, 0.3) is 0 Å². The van der Waals surface area contributed by atoms with Gasteiger partial charge in [-0.1, -0.05) is 37.3 Å². The first-order chi connectivity index (χ1) is 10.6. The minimum absolute atomic E-state index is 0.130. The molecule has 4 heteroatoms. The zero-order chi connectivity index (χ0) is 15.9. The molecule has 4 nitrogen and oxygen atoms in total. The quantitative estimate of drug-likeness (QED) is 0.786. The van der Waals surface area contributed by atoms with Crippen LogP contribution >= 0.6 is 0 Å². The summed E-state index contributed by atoms with van der Waals surface area (Å²) in [5.74, 6) is -0.0113. The molecular weight excluding hydrogens is 278 g/mol. The second-order valence-electron chi connectivity index (χ2n) is 5.95. The number of nitrogens with zero attached hydrogens (tertiary/aromatic N) is 1. The fourth-order valence-corrected chi connectivity index (χ4v) is 2.95. The SMILES string of the molecule is CCOC(=O)[C@@H]1CCCN(C(=O)C[C@@H](C)c2ccccc2)C1. The summed E-state index contributed by atoms with van der Waals surface area (Å²) in [6, 6.07) is 10.1. The molecule has 0 aromatic heterocycles. The molecule has 0 bridgehead atoms. The number of rotatable bonds is 5. The Morgan fingerprint density at radius 2 is 2.05 bits per heavy atom. The smallest absolute Gasteiger partial charge is 0.310 e. The van der Waals surface area contributed by atoms with Crippen molar-refractivity contribution < 1.29 is 14.3 Å². The first kappa shape index (κ1) is 16.5. The van der Waals surface area contributed by atoms with Crippen LogP contribution in [-0.2, 0) is 14.3 Å². The summed E-state index contributed by atoms with van der Waals surface area (Å²) < 4.78 is 5.08. The van der Waals surface area contributed by atoms with Crippen LogP contribution in [0.15, 0.2) is 30.3 Å². The van der Waals surface area contributed by atoms with Crippen LogP contribution in [0.25, 0.3) is 0 Å². The Morgan fingerprint density at radius 3 is 2.73 bits per heavy atom. The number of ether oxygens (including phenoxy) is 1. The molecule has 22 heavy (non-hydrogen) atoms. The van der Waals surface area contributed by atoms with E-state index in [4.69, 9.17) is 4.74 Å². The Labute approximate surface area is 132 Å². The van der Waals surface area contributed by atoms with Gasteiger partial charge in [-0.3, -0.25) is 9.59 Å². The van der Waals surface area contributed by atoms with Gasteiger partial charge < -0.3 is 9.64 Å². The van der Waals surface area contributed by atoms with E-state index in [2.05, 4.69) is 19.1 Å². The zero-order valence-corrected chi connectivity index (χ0v) is 13.5. The second-order valence-corrected chi connectivity index (χ2v) is 5.95. The molecule has 2 atom stereocenters. The monoisotopic (exact) mass is 303 g/mol. The van der Waals surface area contributed by atoms with E-state index < -0.39 is 0 Å². The maximum atomic E-state index is 12.5. The van der Waals surface area contributed by atoms with E-state index in [-0.39, 0.29) is 23.7 Å². The standard InChI is InChI=1S/C18H25NO3/c1-3-22-18(21)16-10-7-11-19(13-16)17(20)12-14(2)15-8-5-4-6-9-15/h4-6,8-9,14,16H,3,7,10-13H2,1-2H3/t14-,16-/m1/s1. The number of amides is 1. The van der Waals surface area contributed by atoms with Gasteiger partial charge in [-0.15, -0.1) is 0 Å². The van der Waals surface area contributed by atoms with Gasteiger partial charge in [-0.05, 0) is 31.2 Å². The van der Waals surface area contributed by atoms with Crippen molar-refractivity contribution in [1.82, 2.24) is 4.90 Å². The van der Waals surface area contributed by atoms with Gasteiger partial charge >= 0.3 is 5.97 Å². The maximum Gasteiger partial charge on any atom is 0.310 e. The molecule has 0 unspecified atom stereocenters. The third kappa shape index (κ3) is 4.33. The van der Waals surface area contributed by atoms with Crippen molar-refractivity contribution in [3.05, 3.63) is 35.9 Å². The first-order valence-electron chi connectivity index (χ1n) is 8.11. The van der Waals surface area contributed by atoms with Crippen molar-refractivity contribution in [3.63, 3.8) is 0 Å². The lowest BCUT2D eigenvalue weighted by Gasteiger charge is -2.32. The third-order valence-corrected chi connectivity index (χ3v) is 4.24. The van der Waals surface area contributed by atoms with E-state index >= 15 is 0 Å². The van der Waals surface area contributed by atoms with Crippen molar-refractivity contribution in [2.24, 2.45) is 5.92 Å². The van der Waals surface area contributed by atoms with Gasteiger partial charge in [-0.2, -0.15) is 0 Å². The number of carbonyl (C=O) groups is 2. The lowest BCUT2D eigenvalue weighted by molar-refractivity contribution is -0.151. The van der Waals surface area contributed by atoms with Crippen LogP contribution in [-0.4, -0.2) is 36.5 Å². The van der Waals surface area contributed by atoms with Gasteiger partial charge in [0.05, 0.1) is 12.5 Å². The van der Waals surface area contributed by atoms with Gasteiger partial charge in [0.2, 0.25) is 5.91 Å². The van der Waals surface area contributed by atoms with E-state index in [1.54, 1.807) is 0 Å². The molecule has 120 valence electrons. The summed E-state index contributed by atoms with van der Waals surface area (Å²) in [5, 5.41) is 0. The Balaban J connectivity index is 1.90. The van der Waals surface area contributed by atoms with Crippen LogP contribution in [0, 0.1) is 5.92 Å². The predicted molar refractivity (Wildman–Crippen MR) is 85.4 cm³/mol. The van der Waals surface area contributed by atoms with E-state index in [0.717, 1.165) is 19.4 Å². The number of piperidine rings is 1. The summed E-state index contributed by atoms with van der Waals surface area (Å²) in [6.07, 6.45) is 2.17. The van der Waals surface area contributed by atoms with Crippen LogP contribution in [0.2, 0.25) is 0 Å². The number of esters is 1. The normalized spacial score (nSPS) is 19.5. The summed E-state index contributed by atoms with van der Waals surface area (Å²) in [5.41, 5.74) is 1.18. The molecule has 1 aliphatic rings. The van der Waals surface area contributed by atoms with Crippen LogP contribution in [0.5, 0.6) is 0 Å². The molecule has 2 rings (SSSR count). The number of hydrogen-bond donors (Lipinski definition) is 0. The lowest BCUT2D eigenvalue weighted by atomic mass is 9.94. The molecule has 1 aromatic rings. The fourth-order valence-electron chi connectivity index (χ4n) is 2.95. The Kier molecular flexibility index (Phi) is 5.99. The molecular formula is C18H25NO3. The molecule has 1 amide bonds. The summed E-state index contributed by atoms with van der Waals surface area (Å²) in [7, 11) is 0. The van der Waals surface area contributed by atoms with Crippen molar-refractivity contribution in [3.8, 4) is 0 Å². The van der Waals surface area contributed by atoms with Gasteiger partial charge in [0.15, 0.2) is 0 Å². The fraction of sp³-hybridized carbons (Fsp3) is 0.556. The van der Waals surface area contributed by atoms with Gasteiger partial charge in [0.1, 0.15) is 0 Å². The Hall–Kier alpha value is -1.84. The highest BCUT2D eigenvalue weighted by Gasteiger charge is 2.29. The van der Waals surface area contributed by atoms with Crippen LogP contribution in [0.4, 0.5) is 0 Å². The van der Waals surface area contributed by atoms with Gasteiger partial charge in [0, 0.05) is 19.5 Å². The van der Waals surface area contributed by atoms with Crippen molar-refractivity contribution in [2.75, 3.05) is 19.7 Å². The highest BCUT2D eigenvalue weighted by Crippen LogP contribution is 2.23. The highest BCUT2D eigenvalue weighted by atomic mass is 16.5. The van der Waals surface area contributed by atoms with E-state index in [1.807, 2.05) is 30.0 Å². The second kappa shape index (κ2) is 7.97. The number of carbonyl (C=O) groups excluding carboxylic acids is 2. The number of likely N-dealkylation sites (tertiary alicyclic amines) is 1. The minimum Gasteiger partial charge on any atom is -0.466 e. The van der Waals surface area contributed by atoms with E-state index in [0.29, 0.717) is 19.6 Å². The molecule has 1 aromatic carbocycles. The third-order valence-electron chi connectivity index (χ3n) is 4.24. The van der Waals surface area contributed by atoms with Crippen LogP contribution in [0.1, 0.15) is 44.6 Å². The molecule has 1 aliphatic heterocycles. The lowest BCUT2D eigenvalue weighted by Crippen LogP contribution is -2.43. The minimum atomic E-state index is -0.170. The van der Waals surface area contributed by atoms with Crippen molar-refractivity contribution in [2.45, 2.75) is 39.0 Å². The summed E-state index contributed by atoms with van der Waals surface area (Å²) in [6.45, 7) is 5.52. The molecule has 1 fully saturated rings. The number of benzene rings is 1. The van der Waals surface area contributed by atoms with Crippen LogP contribution in [0.3, 0.4) is 0 Å². The van der Waals surface area contributed by atoms with Crippen molar-refractivity contribution in [1.29, 1.82) is 0 Å². The average molecular weight is 303 g/mol. The summed E-state index contributed by atoms with van der Waals surface area (Å²) >= 11 is 0. The largest absolute Gasteiger partial charge is 0.466 e. The summed E-state index contributed by atoms with van der Waals surface area (Å²) in [4.78, 5) is 26.2. The van der Waals surface area contributed by atoms with Crippen LogP contribution < -0.4 is 0 Å². The van der Waals surface area contributed by atoms with E-state index in [9.17, 15) is 9.59 Å². The Morgan fingerprint density at radius 1 is 1.32 bits per heavy atom. The molecule has 1 heterocycles. The number of hydrogen-bond acceptors (Lipinski definition) is 3. The molecule has 0 N–H and O–H groups in total. The first-order valence-corrected chi connectivity index (χ1v) is 8.11. The zero-order valence-electron chi connectivity index (χ0n) is 13.5. The van der Waals surface area contributed by atoms with Gasteiger partial charge in [-0.25, -0.2) is 0 Å². The molecule has 0 aliphatic carbocycles. The Bertz CT molecular complexity index is 500. The average Bonchev–Trinajstić information content (AvgIpc) is 2.56. The molecule has 0 radical (unpaired) electrons. The molecule has 1 saturated heterocycles. The molecule has 0 spiro atoms. The molecule has 0 saturated carbocycles. The maximum absolute atomic E-state index is 12.5. The topological polar surface area (TPSA) is 46.6 Å². The van der Waals surface area contributed by atoms with Crippen molar-refractivity contribution >= 4 is 11.9 Å². The predicted octanol–water partition coefficient (Wildman–Crippen LogP) is 2.98. The highest BCUT2D eigenvalue weighted by molar-refractivity contribution is 5.79.